The quantitative estimate of drug-likeness (QED) is 0.625. The van der Waals surface area contributed by atoms with Gasteiger partial charge in [-0.1, -0.05) is 44.5 Å². The molecule has 8 nitrogen and oxygen atoms in total. The average molecular weight is 507 g/mol. The van der Waals surface area contributed by atoms with Gasteiger partial charge in [0, 0.05) is 55.3 Å². The molecular weight excluding hydrogens is 475 g/mol. The first kappa shape index (κ1) is 26.2. The minimum absolute atomic E-state index is 0. The highest BCUT2D eigenvalue weighted by atomic mass is 35.5. The number of aromatic nitrogens is 2. The third-order valence-corrected chi connectivity index (χ3v) is 6.57. The van der Waals surface area contributed by atoms with E-state index in [-0.39, 0.29) is 42.1 Å². The van der Waals surface area contributed by atoms with Gasteiger partial charge in [-0.25, -0.2) is 9.97 Å². The third kappa shape index (κ3) is 5.79. The van der Waals surface area contributed by atoms with Crippen LogP contribution in [0.15, 0.2) is 30.6 Å². The lowest BCUT2D eigenvalue weighted by atomic mass is 9.96. The van der Waals surface area contributed by atoms with E-state index in [1.807, 2.05) is 36.1 Å². The van der Waals surface area contributed by atoms with E-state index in [1.165, 1.54) is 6.33 Å². The molecule has 2 atom stereocenters. The van der Waals surface area contributed by atoms with Crippen LogP contribution in [0, 0.1) is 5.92 Å². The van der Waals surface area contributed by atoms with Crippen LogP contribution in [0.5, 0.6) is 0 Å². The summed E-state index contributed by atoms with van der Waals surface area (Å²) in [7, 11) is 0. The molecule has 1 aromatic heterocycles. The van der Waals surface area contributed by atoms with Crippen LogP contribution in [0.3, 0.4) is 0 Å². The molecule has 2 amide bonds. The predicted octanol–water partition coefficient (Wildman–Crippen LogP) is 3.11. The van der Waals surface area contributed by atoms with Crippen LogP contribution in [0.1, 0.15) is 37.8 Å². The van der Waals surface area contributed by atoms with Crippen LogP contribution >= 0.6 is 24.0 Å². The van der Waals surface area contributed by atoms with E-state index in [9.17, 15) is 9.59 Å². The van der Waals surface area contributed by atoms with Crippen molar-refractivity contribution >= 4 is 47.5 Å². The van der Waals surface area contributed by atoms with Crippen molar-refractivity contribution in [3.8, 4) is 0 Å². The summed E-state index contributed by atoms with van der Waals surface area (Å²) in [5.41, 5.74) is 1.94. The summed E-state index contributed by atoms with van der Waals surface area (Å²) in [6, 6.07) is 7.83. The Kier molecular flexibility index (Phi) is 8.73. The molecule has 0 saturated carbocycles. The number of hydrogen-bond acceptors (Lipinski definition) is 6. The number of amides is 2. The number of piperazine rings is 1. The molecule has 2 aliphatic heterocycles. The zero-order chi connectivity index (χ0) is 23.5. The Bertz CT molecular complexity index is 1010. The number of carbonyl (C=O) groups excluding carboxylic acids is 2. The summed E-state index contributed by atoms with van der Waals surface area (Å²) < 4.78 is 0. The molecule has 0 aliphatic carbocycles. The van der Waals surface area contributed by atoms with Crippen molar-refractivity contribution < 1.29 is 9.59 Å². The molecule has 4 rings (SSSR count). The van der Waals surface area contributed by atoms with Crippen molar-refractivity contribution in [1.82, 2.24) is 20.2 Å². The number of carbonyl (C=O) groups is 2. The van der Waals surface area contributed by atoms with Crippen molar-refractivity contribution in [3.63, 3.8) is 0 Å². The molecule has 2 aromatic rings. The first-order valence-corrected chi connectivity index (χ1v) is 11.9. The van der Waals surface area contributed by atoms with Gasteiger partial charge in [-0.15, -0.1) is 12.4 Å². The zero-order valence-corrected chi connectivity index (χ0v) is 21.3. The Balaban J connectivity index is 0.00000324. The molecule has 184 valence electrons. The summed E-state index contributed by atoms with van der Waals surface area (Å²) in [4.78, 5) is 38.4. The second-order valence-electron chi connectivity index (χ2n) is 9.10. The number of nitrogens with one attached hydrogen (secondary N) is 2. The highest BCUT2D eigenvalue weighted by molar-refractivity contribution is 6.30. The van der Waals surface area contributed by atoms with Gasteiger partial charge in [-0.2, -0.15) is 0 Å². The molecule has 1 aromatic carbocycles. The van der Waals surface area contributed by atoms with Crippen molar-refractivity contribution in [1.29, 1.82) is 0 Å². The Hall–Kier alpha value is -2.42. The van der Waals surface area contributed by atoms with Gasteiger partial charge in [0.2, 0.25) is 11.8 Å². The van der Waals surface area contributed by atoms with Crippen LogP contribution < -0.4 is 15.5 Å². The molecule has 3 heterocycles. The average Bonchev–Trinajstić information content (AvgIpc) is 2.80. The maximum atomic E-state index is 13.5. The molecule has 10 heteroatoms. The minimum Gasteiger partial charge on any atom is -0.353 e. The van der Waals surface area contributed by atoms with Gasteiger partial charge in [0.25, 0.3) is 0 Å². The fourth-order valence-corrected chi connectivity index (χ4v) is 4.49. The first-order chi connectivity index (χ1) is 15.8. The fourth-order valence-electron chi connectivity index (χ4n) is 4.37. The molecule has 2 aliphatic rings. The predicted molar refractivity (Wildman–Crippen MR) is 137 cm³/mol. The van der Waals surface area contributed by atoms with Crippen LogP contribution in [0.25, 0.3) is 0 Å². The van der Waals surface area contributed by atoms with Crippen molar-refractivity contribution in [2.75, 3.05) is 42.9 Å². The molecule has 0 bridgehead atoms. The summed E-state index contributed by atoms with van der Waals surface area (Å²) >= 11 is 6.06. The van der Waals surface area contributed by atoms with Crippen molar-refractivity contribution in [3.05, 3.63) is 46.7 Å². The SMILES string of the molecule is CC(C)NC[C@@H](C(=O)N1CCN(c2ncnc3c2CC(C)C(=O)N3)CC1)c1ccc(Cl)cc1.Cl. The lowest BCUT2D eigenvalue weighted by Gasteiger charge is -2.38. The lowest BCUT2D eigenvalue weighted by molar-refractivity contribution is -0.133. The summed E-state index contributed by atoms with van der Waals surface area (Å²) in [6.07, 6.45) is 2.12. The van der Waals surface area contributed by atoms with Crippen molar-refractivity contribution in [2.24, 2.45) is 5.92 Å². The minimum atomic E-state index is -0.265. The van der Waals surface area contributed by atoms with Gasteiger partial charge >= 0.3 is 0 Å². The number of anilines is 2. The molecule has 0 spiro atoms. The zero-order valence-electron chi connectivity index (χ0n) is 19.8. The normalized spacial score (nSPS) is 18.7. The van der Waals surface area contributed by atoms with Crippen molar-refractivity contribution in [2.45, 2.75) is 39.2 Å². The van der Waals surface area contributed by atoms with E-state index in [1.54, 1.807) is 0 Å². The van der Waals surface area contributed by atoms with E-state index in [2.05, 4.69) is 39.3 Å². The maximum Gasteiger partial charge on any atom is 0.231 e. The second-order valence-corrected chi connectivity index (χ2v) is 9.53. The van der Waals surface area contributed by atoms with E-state index in [4.69, 9.17) is 11.6 Å². The molecule has 1 fully saturated rings. The van der Waals surface area contributed by atoms with Gasteiger partial charge in [-0.3, -0.25) is 9.59 Å². The maximum absolute atomic E-state index is 13.5. The van der Waals surface area contributed by atoms with Crippen LogP contribution in [0.2, 0.25) is 5.02 Å². The standard InChI is InChI=1S/C24H31ClN6O2.ClH/c1-15(2)26-13-20(17-4-6-18(25)7-5-17)24(33)31-10-8-30(9-11-31)22-19-12-16(3)23(32)29-21(19)27-14-28-22;/h4-7,14-16,20,26H,8-13H2,1-3H3,(H,27,28,29,32);1H/t16?,20-;/m1./s1. The monoisotopic (exact) mass is 506 g/mol. The number of halogens is 2. The molecule has 0 radical (unpaired) electrons. The third-order valence-electron chi connectivity index (χ3n) is 6.31. The number of benzene rings is 1. The molecule has 34 heavy (non-hydrogen) atoms. The van der Waals surface area contributed by atoms with Crippen LogP contribution in [-0.4, -0.2) is 65.4 Å². The van der Waals surface area contributed by atoms with Crippen LogP contribution in [-0.2, 0) is 16.0 Å². The highest BCUT2D eigenvalue weighted by Crippen LogP contribution is 2.31. The van der Waals surface area contributed by atoms with E-state index < -0.39 is 0 Å². The summed E-state index contributed by atoms with van der Waals surface area (Å²) in [6.45, 7) is 9.24. The Morgan fingerprint density at radius 1 is 1.18 bits per heavy atom. The largest absolute Gasteiger partial charge is 0.353 e. The van der Waals surface area contributed by atoms with Gasteiger partial charge in [0.1, 0.15) is 18.0 Å². The van der Waals surface area contributed by atoms with Gasteiger partial charge < -0.3 is 20.4 Å². The van der Waals surface area contributed by atoms with Gasteiger partial charge in [-0.05, 0) is 24.1 Å². The smallest absolute Gasteiger partial charge is 0.231 e. The number of nitrogens with zero attached hydrogens (tertiary/aromatic N) is 4. The second kappa shape index (κ2) is 11.3. The molecule has 2 N–H and O–H groups in total. The summed E-state index contributed by atoms with van der Waals surface area (Å²) in [5.74, 6) is 1.19. The number of fused-ring (bicyclic) bond motifs is 1. The molecular formula is C24H32Cl2N6O2. The Morgan fingerprint density at radius 3 is 2.50 bits per heavy atom. The Labute approximate surface area is 211 Å². The number of hydrogen-bond donors (Lipinski definition) is 2. The lowest BCUT2D eigenvalue weighted by Crippen LogP contribution is -2.51. The van der Waals surface area contributed by atoms with E-state index in [0.29, 0.717) is 50.0 Å². The van der Waals surface area contributed by atoms with E-state index >= 15 is 0 Å². The fraction of sp³-hybridized carbons (Fsp3) is 0.500. The van der Waals surface area contributed by atoms with E-state index in [0.717, 1.165) is 16.9 Å². The van der Waals surface area contributed by atoms with Crippen LogP contribution in [0.4, 0.5) is 11.6 Å². The topological polar surface area (TPSA) is 90.5 Å². The highest BCUT2D eigenvalue weighted by Gasteiger charge is 2.32. The number of rotatable bonds is 6. The Morgan fingerprint density at radius 2 is 1.85 bits per heavy atom. The first-order valence-electron chi connectivity index (χ1n) is 11.5. The summed E-state index contributed by atoms with van der Waals surface area (Å²) in [5, 5.41) is 6.95. The van der Waals surface area contributed by atoms with Gasteiger partial charge in [0.05, 0.1) is 5.92 Å². The molecule has 1 unspecified atom stereocenters. The van der Waals surface area contributed by atoms with Gasteiger partial charge in [0.15, 0.2) is 0 Å². The molecule has 1 saturated heterocycles.